The Morgan fingerprint density at radius 2 is 1.85 bits per heavy atom. The second-order valence-corrected chi connectivity index (χ2v) is 9.68. The van der Waals surface area contributed by atoms with E-state index in [1.807, 2.05) is 24.3 Å². The van der Waals surface area contributed by atoms with Gasteiger partial charge in [-0.1, -0.05) is 24.3 Å². The molecule has 1 aliphatic heterocycles. The Morgan fingerprint density at radius 1 is 1.03 bits per heavy atom. The summed E-state index contributed by atoms with van der Waals surface area (Å²) in [7, 11) is -2.21. The number of benzene rings is 3. The fourth-order valence-electron chi connectivity index (χ4n) is 3.67. The number of methoxy groups -OCH3 is 1. The van der Waals surface area contributed by atoms with Gasteiger partial charge in [0.15, 0.2) is 9.84 Å². The Hall–Kier alpha value is -3.36. The highest BCUT2D eigenvalue weighted by Crippen LogP contribution is 2.32. The second-order valence-electron chi connectivity index (χ2n) is 7.69. The molecule has 0 saturated carbocycles. The van der Waals surface area contributed by atoms with Crippen LogP contribution in [0.25, 0.3) is 11.1 Å². The molecule has 0 saturated heterocycles. The Labute approximate surface area is 192 Å². The maximum Gasteiger partial charge on any atom is 0.341 e. The first-order valence-corrected chi connectivity index (χ1v) is 12.1. The summed E-state index contributed by atoms with van der Waals surface area (Å²) < 4.78 is 41.5. The number of hydrogen-bond acceptors (Lipinski definition) is 7. The highest BCUT2D eigenvalue weighted by molar-refractivity contribution is 7.90. The lowest BCUT2D eigenvalue weighted by atomic mass is 10.0. The molecule has 0 amide bonds. The molecule has 0 unspecified atom stereocenters. The van der Waals surface area contributed by atoms with Gasteiger partial charge in [0.2, 0.25) is 0 Å². The molecule has 172 valence electrons. The monoisotopic (exact) mass is 468 g/mol. The molecule has 0 spiro atoms. The van der Waals surface area contributed by atoms with Crippen LogP contribution in [-0.4, -0.2) is 46.4 Å². The van der Waals surface area contributed by atoms with Crippen molar-refractivity contribution in [1.82, 2.24) is 0 Å². The smallest absolute Gasteiger partial charge is 0.341 e. The van der Waals surface area contributed by atoms with Gasteiger partial charge in [0.05, 0.1) is 23.9 Å². The van der Waals surface area contributed by atoms with Crippen LogP contribution in [0.5, 0.6) is 11.5 Å². The van der Waals surface area contributed by atoms with Gasteiger partial charge in [0.25, 0.3) is 0 Å². The van der Waals surface area contributed by atoms with Crippen LogP contribution < -0.4 is 4.74 Å². The van der Waals surface area contributed by atoms with Crippen molar-refractivity contribution in [3.8, 4) is 22.6 Å². The lowest BCUT2D eigenvalue weighted by molar-refractivity contribution is 0.0385. The normalized spacial score (nSPS) is 12.8. The Morgan fingerprint density at radius 3 is 2.64 bits per heavy atom. The molecule has 0 atom stereocenters. The molecule has 3 aromatic rings. The van der Waals surface area contributed by atoms with E-state index in [1.165, 1.54) is 25.3 Å². The third-order valence-electron chi connectivity index (χ3n) is 5.38. The number of carbonyl (C=O) groups excluding carboxylic acids is 1. The van der Waals surface area contributed by atoms with E-state index >= 15 is 0 Å². The van der Waals surface area contributed by atoms with Crippen molar-refractivity contribution in [2.45, 2.75) is 17.1 Å². The van der Waals surface area contributed by atoms with Crippen LogP contribution in [-0.2, 0) is 31.5 Å². The summed E-state index contributed by atoms with van der Waals surface area (Å²) in [5, 5.41) is 10.2. The van der Waals surface area contributed by atoms with Gasteiger partial charge in [-0.15, -0.1) is 0 Å². The lowest BCUT2D eigenvalue weighted by Crippen LogP contribution is -2.10. The van der Waals surface area contributed by atoms with Crippen LogP contribution in [0.2, 0.25) is 0 Å². The van der Waals surface area contributed by atoms with E-state index in [9.17, 15) is 18.3 Å². The zero-order valence-corrected chi connectivity index (χ0v) is 18.9. The zero-order valence-electron chi connectivity index (χ0n) is 18.1. The standard InChI is InChI=1S/C25H24O7S/c1-30-11-12-32-25(27)22-7-5-17(13-23(22)26)16-33(28,29)21-4-2-3-18(15-21)19-6-8-24-20(14-19)9-10-31-24/h2-8,13-15,26H,9-12,16H2,1H3. The molecular formula is C25H24O7S. The molecule has 1 heterocycles. The first-order valence-electron chi connectivity index (χ1n) is 10.4. The van der Waals surface area contributed by atoms with Crippen molar-refractivity contribution >= 4 is 15.8 Å². The number of carbonyl (C=O) groups is 1. The van der Waals surface area contributed by atoms with Gasteiger partial charge in [0, 0.05) is 13.5 Å². The summed E-state index contributed by atoms with van der Waals surface area (Å²) in [6.45, 7) is 0.948. The Balaban J connectivity index is 1.53. The minimum atomic E-state index is -3.69. The SMILES string of the molecule is COCCOC(=O)c1ccc(CS(=O)(=O)c2cccc(-c3ccc4c(c3)CCO4)c2)cc1O. The minimum Gasteiger partial charge on any atom is -0.507 e. The minimum absolute atomic E-state index is 0.0326. The van der Waals surface area contributed by atoms with Gasteiger partial charge < -0.3 is 19.3 Å². The van der Waals surface area contributed by atoms with E-state index in [0.29, 0.717) is 12.2 Å². The molecule has 3 aromatic carbocycles. The van der Waals surface area contributed by atoms with Crippen LogP contribution in [0.1, 0.15) is 21.5 Å². The maximum atomic E-state index is 13.1. The van der Waals surface area contributed by atoms with Crippen LogP contribution >= 0.6 is 0 Å². The average Bonchev–Trinajstić information content (AvgIpc) is 3.27. The molecule has 1 aliphatic rings. The Bertz CT molecular complexity index is 1280. The van der Waals surface area contributed by atoms with Crippen LogP contribution in [0.4, 0.5) is 0 Å². The van der Waals surface area contributed by atoms with Crippen molar-refractivity contribution in [3.63, 3.8) is 0 Å². The predicted octanol–water partition coefficient (Wildman–Crippen LogP) is 3.77. The van der Waals surface area contributed by atoms with Crippen LogP contribution in [0, 0.1) is 0 Å². The molecule has 0 aromatic heterocycles. The van der Waals surface area contributed by atoms with E-state index in [-0.39, 0.29) is 35.2 Å². The van der Waals surface area contributed by atoms with Crippen molar-refractivity contribution in [1.29, 1.82) is 0 Å². The molecule has 0 radical (unpaired) electrons. The Kier molecular flexibility index (Phi) is 6.67. The molecule has 8 heteroatoms. The van der Waals surface area contributed by atoms with E-state index in [2.05, 4.69) is 0 Å². The van der Waals surface area contributed by atoms with Gasteiger partial charge in [-0.25, -0.2) is 13.2 Å². The van der Waals surface area contributed by atoms with Crippen LogP contribution in [0.3, 0.4) is 0 Å². The average molecular weight is 469 g/mol. The summed E-state index contributed by atoms with van der Waals surface area (Å²) >= 11 is 0. The predicted molar refractivity (Wildman–Crippen MR) is 122 cm³/mol. The largest absolute Gasteiger partial charge is 0.507 e. The van der Waals surface area contributed by atoms with E-state index in [0.717, 1.165) is 28.9 Å². The van der Waals surface area contributed by atoms with E-state index < -0.39 is 15.8 Å². The van der Waals surface area contributed by atoms with Gasteiger partial charge in [-0.3, -0.25) is 0 Å². The quantitative estimate of drug-likeness (QED) is 0.397. The zero-order chi connectivity index (χ0) is 23.4. The second kappa shape index (κ2) is 9.64. The topological polar surface area (TPSA) is 99.1 Å². The van der Waals surface area contributed by atoms with Crippen molar-refractivity contribution < 1.29 is 32.5 Å². The first-order chi connectivity index (χ1) is 15.9. The van der Waals surface area contributed by atoms with E-state index in [4.69, 9.17) is 14.2 Å². The number of phenolic OH excluding ortho intramolecular Hbond substituents is 1. The molecule has 0 aliphatic carbocycles. The molecule has 33 heavy (non-hydrogen) atoms. The van der Waals surface area contributed by atoms with Gasteiger partial charge in [0.1, 0.15) is 23.7 Å². The molecule has 0 fully saturated rings. The summed E-state index contributed by atoms with van der Waals surface area (Å²) in [6, 6.07) is 16.7. The van der Waals surface area contributed by atoms with Crippen LogP contribution in [0.15, 0.2) is 65.6 Å². The van der Waals surface area contributed by atoms with E-state index in [1.54, 1.807) is 18.2 Å². The number of esters is 1. The number of hydrogen-bond donors (Lipinski definition) is 1. The first kappa shape index (κ1) is 22.8. The molecule has 4 rings (SSSR count). The molecule has 7 nitrogen and oxygen atoms in total. The summed E-state index contributed by atoms with van der Waals surface area (Å²) in [5.74, 6) is -0.486. The fourth-order valence-corrected chi connectivity index (χ4v) is 5.05. The fraction of sp³-hybridized carbons (Fsp3) is 0.240. The van der Waals surface area contributed by atoms with Gasteiger partial charge >= 0.3 is 5.97 Å². The maximum absolute atomic E-state index is 13.1. The summed E-state index contributed by atoms with van der Waals surface area (Å²) in [6.07, 6.45) is 0.834. The number of phenols is 1. The number of rotatable bonds is 8. The van der Waals surface area contributed by atoms with Gasteiger partial charge in [-0.05, 0) is 58.7 Å². The van der Waals surface area contributed by atoms with Crippen molar-refractivity contribution in [2.75, 3.05) is 26.9 Å². The highest BCUT2D eigenvalue weighted by Gasteiger charge is 2.20. The van der Waals surface area contributed by atoms with Gasteiger partial charge in [-0.2, -0.15) is 0 Å². The summed E-state index contributed by atoms with van der Waals surface area (Å²) in [4.78, 5) is 12.2. The highest BCUT2D eigenvalue weighted by atomic mass is 32.2. The number of sulfone groups is 1. The molecule has 0 bridgehead atoms. The molecule has 1 N–H and O–H groups in total. The third-order valence-corrected chi connectivity index (χ3v) is 7.06. The third kappa shape index (κ3) is 5.18. The number of aromatic hydroxyl groups is 1. The number of fused-ring (bicyclic) bond motifs is 1. The summed E-state index contributed by atoms with van der Waals surface area (Å²) in [5.41, 5.74) is 3.15. The van der Waals surface area contributed by atoms with Crippen molar-refractivity contribution in [3.05, 3.63) is 77.4 Å². The number of ether oxygens (including phenoxy) is 3. The van der Waals surface area contributed by atoms with Crippen molar-refractivity contribution in [2.24, 2.45) is 0 Å². The lowest BCUT2D eigenvalue weighted by Gasteiger charge is -2.10. The molecular weight excluding hydrogens is 444 g/mol.